The predicted octanol–water partition coefficient (Wildman–Crippen LogP) is 2.43. The number of carbonyl (C=O) groups is 1. The molecule has 0 radical (unpaired) electrons. The van der Waals surface area contributed by atoms with Gasteiger partial charge in [-0.05, 0) is 36.1 Å². The van der Waals surface area contributed by atoms with Gasteiger partial charge in [-0.2, -0.15) is 0 Å². The van der Waals surface area contributed by atoms with Crippen LogP contribution in [-0.4, -0.2) is 44.5 Å². The number of halogens is 1. The number of alkyl halides is 1. The quantitative estimate of drug-likeness (QED) is 0.757. The smallest absolute Gasteiger partial charge is 0.230 e. The number of methoxy groups -OCH3 is 2. The molecule has 0 heterocycles. The zero-order chi connectivity index (χ0) is 14.7. The Morgan fingerprint density at radius 1 is 1.35 bits per heavy atom. The number of amides is 1. The molecule has 5 heteroatoms. The van der Waals surface area contributed by atoms with Crippen molar-refractivity contribution in [2.75, 3.05) is 33.7 Å². The Kier molecular flexibility index (Phi) is 4.76. The van der Waals surface area contributed by atoms with Crippen molar-refractivity contribution >= 4 is 17.5 Å². The first-order chi connectivity index (χ1) is 9.62. The Hall–Kier alpha value is -1.42. The lowest BCUT2D eigenvalue weighted by atomic mass is 9.76. The highest BCUT2D eigenvalue weighted by atomic mass is 35.5. The molecular weight excluding hydrogens is 278 g/mol. The van der Waals surface area contributed by atoms with Crippen LogP contribution >= 0.6 is 11.6 Å². The Morgan fingerprint density at radius 2 is 2.00 bits per heavy atom. The first kappa shape index (κ1) is 15.0. The molecule has 2 rings (SSSR count). The molecule has 1 aromatic carbocycles. The lowest BCUT2D eigenvalue weighted by Gasteiger charge is -2.33. The molecule has 1 aromatic rings. The molecule has 110 valence electrons. The van der Waals surface area contributed by atoms with Gasteiger partial charge in [0.25, 0.3) is 0 Å². The van der Waals surface area contributed by atoms with Crippen LogP contribution in [0.25, 0.3) is 0 Å². The van der Waals surface area contributed by atoms with E-state index in [-0.39, 0.29) is 11.8 Å². The standard InChI is InChI=1S/C15H20ClNO3/c1-17(6-4-5-16)15(18)12-7-10-8-13(19-2)14(20-3)9-11(10)12/h8-9,12H,4-7H2,1-3H3/t12-/m0/s1. The predicted molar refractivity (Wildman–Crippen MR) is 79.0 cm³/mol. The SMILES string of the molecule is COc1cc2c(cc1OC)[C@@H](C(=O)N(C)CCCCl)C2. The first-order valence-corrected chi connectivity index (χ1v) is 7.21. The van der Waals surface area contributed by atoms with Gasteiger partial charge in [0.05, 0.1) is 20.1 Å². The van der Waals surface area contributed by atoms with Crippen LogP contribution in [0.15, 0.2) is 12.1 Å². The Morgan fingerprint density at radius 3 is 2.60 bits per heavy atom. The summed E-state index contributed by atoms with van der Waals surface area (Å²) >= 11 is 5.66. The fraction of sp³-hybridized carbons (Fsp3) is 0.533. The normalized spacial score (nSPS) is 16.1. The van der Waals surface area contributed by atoms with E-state index in [2.05, 4.69) is 0 Å². The fourth-order valence-electron chi connectivity index (χ4n) is 2.53. The van der Waals surface area contributed by atoms with Crippen molar-refractivity contribution in [2.24, 2.45) is 0 Å². The van der Waals surface area contributed by atoms with Crippen molar-refractivity contribution in [1.29, 1.82) is 0 Å². The molecule has 1 aliphatic carbocycles. The molecule has 0 spiro atoms. The second-order valence-corrected chi connectivity index (χ2v) is 5.34. The molecule has 0 fully saturated rings. The lowest BCUT2D eigenvalue weighted by molar-refractivity contribution is -0.132. The minimum atomic E-state index is -0.0647. The molecule has 0 aromatic heterocycles. The van der Waals surface area contributed by atoms with Crippen molar-refractivity contribution in [3.8, 4) is 11.5 Å². The Bertz CT molecular complexity index is 504. The van der Waals surface area contributed by atoms with E-state index >= 15 is 0 Å². The summed E-state index contributed by atoms with van der Waals surface area (Å²) in [5.74, 6) is 2.05. The van der Waals surface area contributed by atoms with Gasteiger partial charge in [0.1, 0.15) is 0 Å². The van der Waals surface area contributed by atoms with Crippen LogP contribution in [0.5, 0.6) is 11.5 Å². The zero-order valence-electron chi connectivity index (χ0n) is 12.1. The molecule has 20 heavy (non-hydrogen) atoms. The molecule has 0 aliphatic heterocycles. The average Bonchev–Trinajstić information content (AvgIpc) is 2.45. The van der Waals surface area contributed by atoms with E-state index in [0.29, 0.717) is 23.9 Å². The number of benzene rings is 1. The molecule has 4 nitrogen and oxygen atoms in total. The first-order valence-electron chi connectivity index (χ1n) is 6.68. The Labute approximate surface area is 124 Å². The average molecular weight is 298 g/mol. The largest absolute Gasteiger partial charge is 0.493 e. The molecule has 1 amide bonds. The number of likely N-dealkylation sites (N-methyl/N-ethyl adjacent to an activating group) is 1. The number of ether oxygens (including phenoxy) is 2. The maximum Gasteiger partial charge on any atom is 0.230 e. The summed E-state index contributed by atoms with van der Waals surface area (Å²) in [5.41, 5.74) is 2.21. The van der Waals surface area contributed by atoms with Gasteiger partial charge < -0.3 is 14.4 Å². The van der Waals surface area contributed by atoms with Gasteiger partial charge in [0.15, 0.2) is 11.5 Å². The van der Waals surface area contributed by atoms with Gasteiger partial charge in [0, 0.05) is 19.5 Å². The van der Waals surface area contributed by atoms with E-state index in [1.165, 1.54) is 0 Å². The number of nitrogens with zero attached hydrogens (tertiary/aromatic N) is 1. The third-order valence-corrected chi connectivity index (χ3v) is 4.01. The second kappa shape index (κ2) is 6.35. The van der Waals surface area contributed by atoms with Crippen molar-refractivity contribution in [3.63, 3.8) is 0 Å². The summed E-state index contributed by atoms with van der Waals surface area (Å²) in [5, 5.41) is 0. The summed E-state index contributed by atoms with van der Waals surface area (Å²) in [4.78, 5) is 14.1. The molecule has 0 saturated heterocycles. The zero-order valence-corrected chi connectivity index (χ0v) is 12.9. The summed E-state index contributed by atoms with van der Waals surface area (Å²) in [6.07, 6.45) is 1.58. The van der Waals surface area contributed by atoms with Crippen LogP contribution in [0.4, 0.5) is 0 Å². The number of carbonyl (C=O) groups excluding carboxylic acids is 1. The molecule has 0 saturated carbocycles. The van der Waals surface area contributed by atoms with Crippen molar-refractivity contribution < 1.29 is 14.3 Å². The van der Waals surface area contributed by atoms with Crippen LogP contribution < -0.4 is 9.47 Å². The van der Waals surface area contributed by atoms with E-state index in [1.807, 2.05) is 19.2 Å². The van der Waals surface area contributed by atoms with Crippen LogP contribution in [0, 0.1) is 0 Å². The highest BCUT2D eigenvalue weighted by molar-refractivity contribution is 6.17. The Balaban J connectivity index is 2.14. The number of rotatable bonds is 6. The van der Waals surface area contributed by atoms with E-state index in [0.717, 1.165) is 24.0 Å². The molecule has 0 unspecified atom stereocenters. The summed E-state index contributed by atoms with van der Waals surface area (Å²) in [6.45, 7) is 0.696. The summed E-state index contributed by atoms with van der Waals surface area (Å²) in [7, 11) is 5.05. The van der Waals surface area contributed by atoms with Gasteiger partial charge in [-0.1, -0.05) is 0 Å². The van der Waals surface area contributed by atoms with Crippen LogP contribution in [0.3, 0.4) is 0 Å². The summed E-state index contributed by atoms with van der Waals surface area (Å²) < 4.78 is 10.6. The van der Waals surface area contributed by atoms with Crippen LogP contribution in [0.2, 0.25) is 0 Å². The molecular formula is C15H20ClNO3. The van der Waals surface area contributed by atoms with Crippen molar-refractivity contribution in [3.05, 3.63) is 23.3 Å². The van der Waals surface area contributed by atoms with Gasteiger partial charge >= 0.3 is 0 Å². The topological polar surface area (TPSA) is 38.8 Å². The molecule has 1 aliphatic rings. The van der Waals surface area contributed by atoms with Gasteiger partial charge in [-0.15, -0.1) is 11.6 Å². The fourth-order valence-corrected chi connectivity index (χ4v) is 2.65. The minimum Gasteiger partial charge on any atom is -0.493 e. The third kappa shape index (κ3) is 2.70. The monoisotopic (exact) mass is 297 g/mol. The van der Waals surface area contributed by atoms with Crippen molar-refractivity contribution in [2.45, 2.75) is 18.8 Å². The van der Waals surface area contributed by atoms with Gasteiger partial charge in [0.2, 0.25) is 5.91 Å². The number of hydrogen-bond acceptors (Lipinski definition) is 3. The molecule has 0 N–H and O–H groups in total. The maximum absolute atomic E-state index is 12.4. The molecule has 1 atom stereocenters. The van der Waals surface area contributed by atoms with E-state index in [4.69, 9.17) is 21.1 Å². The lowest BCUT2D eigenvalue weighted by Crippen LogP contribution is -2.37. The van der Waals surface area contributed by atoms with Crippen LogP contribution in [-0.2, 0) is 11.2 Å². The van der Waals surface area contributed by atoms with Crippen molar-refractivity contribution in [1.82, 2.24) is 4.90 Å². The van der Waals surface area contributed by atoms with E-state index < -0.39 is 0 Å². The number of hydrogen-bond donors (Lipinski definition) is 0. The molecule has 0 bridgehead atoms. The number of fused-ring (bicyclic) bond motifs is 1. The van der Waals surface area contributed by atoms with Gasteiger partial charge in [-0.3, -0.25) is 4.79 Å². The maximum atomic E-state index is 12.4. The van der Waals surface area contributed by atoms with E-state index in [9.17, 15) is 4.79 Å². The van der Waals surface area contributed by atoms with Gasteiger partial charge in [-0.25, -0.2) is 0 Å². The van der Waals surface area contributed by atoms with Crippen LogP contribution in [0.1, 0.15) is 23.5 Å². The highest BCUT2D eigenvalue weighted by Gasteiger charge is 2.35. The highest BCUT2D eigenvalue weighted by Crippen LogP contribution is 2.42. The third-order valence-electron chi connectivity index (χ3n) is 3.75. The van der Waals surface area contributed by atoms with E-state index in [1.54, 1.807) is 19.1 Å². The summed E-state index contributed by atoms with van der Waals surface area (Å²) in [6, 6.07) is 3.87. The minimum absolute atomic E-state index is 0.0647. The second-order valence-electron chi connectivity index (χ2n) is 4.97.